The molecule has 5 aromatic carbocycles. The Kier molecular flexibility index (Phi) is 39.5. The number of oxazole rings is 2. The van der Waals surface area contributed by atoms with E-state index < -0.39 is 83.8 Å². The first-order valence-corrected chi connectivity index (χ1v) is 46.6. The van der Waals surface area contributed by atoms with Gasteiger partial charge in [-0.25, -0.2) is 29.3 Å². The monoisotopic (exact) mass is 1910 g/mol. The number of amidine groups is 2. The first-order chi connectivity index (χ1) is 66.6. The third-order valence-electron chi connectivity index (χ3n) is 22.7. The molecular weight excluding hydrogens is 1800 g/mol. The number of aromatic nitrogens is 5. The van der Waals surface area contributed by atoms with Crippen molar-refractivity contribution >= 4 is 138 Å². The Morgan fingerprint density at radius 2 is 1.03 bits per heavy atom. The number of nitrogens with zero attached hydrogens (tertiary/aromatic N) is 7. The number of thiazole rings is 1. The molecule has 728 valence electrons. The van der Waals surface area contributed by atoms with Gasteiger partial charge in [-0.1, -0.05) is 121 Å². The van der Waals surface area contributed by atoms with Crippen LogP contribution in [0.3, 0.4) is 0 Å². The number of esters is 3. The second-order valence-corrected chi connectivity index (χ2v) is 34.1. The second kappa shape index (κ2) is 52.7. The van der Waals surface area contributed by atoms with Gasteiger partial charge in [0.2, 0.25) is 17.7 Å². The number of nitrogen functional groups attached to an aromatic ring is 2. The fourth-order valence-electron chi connectivity index (χ4n) is 15.1. The molecule has 0 fully saturated rings. The van der Waals surface area contributed by atoms with E-state index in [-0.39, 0.29) is 117 Å². The van der Waals surface area contributed by atoms with Gasteiger partial charge < -0.3 is 91.6 Å². The van der Waals surface area contributed by atoms with Crippen molar-refractivity contribution in [3.8, 4) is 0 Å². The molecule has 0 saturated heterocycles. The number of carboxylic acids is 2. The summed E-state index contributed by atoms with van der Waals surface area (Å²) in [6.45, 7) is 4.35. The predicted molar refractivity (Wildman–Crippen MR) is 509 cm³/mol. The van der Waals surface area contributed by atoms with Gasteiger partial charge in [0.15, 0.2) is 16.2 Å². The van der Waals surface area contributed by atoms with E-state index in [1.54, 1.807) is 103 Å². The van der Waals surface area contributed by atoms with Gasteiger partial charge in [0.25, 0.3) is 17.7 Å². The fourth-order valence-corrected chi connectivity index (χ4v) is 16.0. The molecule has 3 unspecified atom stereocenters. The quantitative estimate of drug-likeness (QED) is 0.00555. The number of oxime groups is 2. The Morgan fingerprint density at radius 3 is 1.56 bits per heavy atom. The average Bonchev–Trinajstić information content (AvgIpc) is 1.72. The van der Waals surface area contributed by atoms with Crippen molar-refractivity contribution in [1.29, 1.82) is 10.8 Å². The van der Waals surface area contributed by atoms with Gasteiger partial charge in [-0.2, -0.15) is 0 Å². The number of rotatable bonds is 44. The van der Waals surface area contributed by atoms with Crippen LogP contribution in [0.2, 0.25) is 0 Å². The number of hydrogen-bond acceptors (Lipinski definition) is 30. The van der Waals surface area contributed by atoms with E-state index >= 15 is 0 Å². The molecule has 10 aromatic rings. The van der Waals surface area contributed by atoms with Gasteiger partial charge in [-0.15, -0.1) is 11.3 Å². The Balaban J connectivity index is 0.000000177. The molecule has 0 bridgehead atoms. The zero-order valence-electron chi connectivity index (χ0n) is 76.9. The van der Waals surface area contributed by atoms with Crippen LogP contribution in [0.4, 0.5) is 0 Å². The number of amides is 6. The number of para-hydroxylation sites is 5. The summed E-state index contributed by atoms with van der Waals surface area (Å²) in [5.41, 5.74) is 24.9. The number of hydrogen-bond donors (Lipinski definition) is 13. The van der Waals surface area contributed by atoms with E-state index in [0.717, 1.165) is 110 Å². The molecule has 0 spiro atoms. The molecule has 0 radical (unpaired) electrons. The number of ketones is 1. The molecular formula is C98H114N18O21S. The third kappa shape index (κ3) is 32.0. The number of fused-ring (bicyclic) bond motifs is 5. The number of pyridine rings is 2. The van der Waals surface area contributed by atoms with Crippen molar-refractivity contribution in [3.05, 3.63) is 219 Å². The standard InChI is InChI=1S/C26H30N4O4S.C25H25N5O6.C25H29N5O5.C22H30N4O6/c31-23(12-6-2-8-18-14-13-17-7-1-3-9-19(17)28-18)27-16-15-21(26(33)34)29-24(32)25-30-20-10-4-5-11-22(20)35-25;1-34-25(33)19(28-23(32)24-29-18-4-2-3-5-21(18)35-24)11-10-16(31)12-17-13-20(30-36-17)14-6-8-15(9-7-14)22(26)27;31-22(8-4-1-5-17-10-9-16-15-26-13-11-18(16)28-17)27-14-12-20(25(33)34)29-23(32)24-30-19-6-2-3-7-21(19)35-24;1-3-4-9-31-20(28)10-16(22(29)30-2)13-25-19(27)12-17-11-18(26-32-17)14-5-7-15(8-6-14)21(23)24/h4-5,10-11,13-14,21H,1-3,6-9,12,15-16H2,(H,27,31)(H,29,32)(H,33,34);2-9,17,19H,10-13H2,1H3,(H3,26,27)(H,28,32);2-3,6-7,9-10,20,26H,1,4-5,8,11-15H2,(H,27,31)(H,29,32)(H,33,34);5-8,16-17H,3-4,9-13H2,1-2H3,(H3,23,24)(H,25,27)/t21-;17?,19-;20-;/m000./s1. The average molecular weight is 1910 g/mol. The van der Waals surface area contributed by atoms with Crippen molar-refractivity contribution < 1.29 is 100 Å². The maximum Gasteiger partial charge on any atom is 0.328 e. The Morgan fingerprint density at radius 1 is 0.522 bits per heavy atom. The zero-order chi connectivity index (χ0) is 98.4. The number of carbonyl (C=O) groups is 12. The van der Waals surface area contributed by atoms with E-state index in [9.17, 15) is 67.7 Å². The maximum atomic E-state index is 12.6. The van der Waals surface area contributed by atoms with Crippen LogP contribution in [0.25, 0.3) is 32.4 Å². The number of Topliss-reactive ketones (excluding diaryl/α,β-unsaturated/α-hetero) is 1. The van der Waals surface area contributed by atoms with Crippen LogP contribution in [0.5, 0.6) is 0 Å². The Hall–Kier alpha value is -15.1. The molecule has 8 heterocycles. The molecule has 15 N–H and O–H groups in total. The van der Waals surface area contributed by atoms with Gasteiger partial charge in [-0.3, -0.25) is 63.9 Å². The zero-order valence-corrected chi connectivity index (χ0v) is 77.7. The van der Waals surface area contributed by atoms with Crippen LogP contribution in [-0.4, -0.2) is 207 Å². The number of methoxy groups -OCH3 is 2. The van der Waals surface area contributed by atoms with Crippen molar-refractivity contribution in [2.24, 2.45) is 27.7 Å². The van der Waals surface area contributed by atoms with Gasteiger partial charge >= 0.3 is 41.7 Å². The molecule has 6 amide bonds. The molecule has 6 atom stereocenters. The third-order valence-corrected chi connectivity index (χ3v) is 23.8. The molecule has 4 aliphatic rings. The van der Waals surface area contributed by atoms with Crippen molar-refractivity contribution in [1.82, 2.24) is 62.1 Å². The summed E-state index contributed by atoms with van der Waals surface area (Å²) in [7, 11) is 2.44. The van der Waals surface area contributed by atoms with E-state index in [1.807, 2.05) is 31.2 Å². The van der Waals surface area contributed by atoms with Crippen LogP contribution >= 0.6 is 11.3 Å². The fraction of sp³-hybridized carbons (Fsp3) is 0.398. The smallest absolute Gasteiger partial charge is 0.328 e. The summed E-state index contributed by atoms with van der Waals surface area (Å²) in [6, 6.07) is 40.3. The number of aliphatic carboxylic acids is 2. The van der Waals surface area contributed by atoms with Crippen molar-refractivity contribution in [2.75, 3.05) is 47.0 Å². The normalized spacial score (nSPS) is 14.7. The lowest BCUT2D eigenvalue weighted by Crippen LogP contribution is -2.43. The molecule has 14 rings (SSSR count). The van der Waals surface area contributed by atoms with Crippen LogP contribution in [0, 0.1) is 16.7 Å². The molecule has 138 heavy (non-hydrogen) atoms. The lowest BCUT2D eigenvalue weighted by atomic mass is 9.95. The van der Waals surface area contributed by atoms with Gasteiger partial charge in [0.1, 0.15) is 58.8 Å². The first kappa shape index (κ1) is 103. The van der Waals surface area contributed by atoms with Gasteiger partial charge in [0, 0.05) is 112 Å². The van der Waals surface area contributed by atoms with Crippen LogP contribution < -0.4 is 48.7 Å². The first-order valence-electron chi connectivity index (χ1n) is 45.8. The highest BCUT2D eigenvalue weighted by Crippen LogP contribution is 2.27. The van der Waals surface area contributed by atoms with Crippen molar-refractivity contribution in [2.45, 2.75) is 198 Å². The topological polar surface area (TPSA) is 591 Å². The summed E-state index contributed by atoms with van der Waals surface area (Å²) in [5.74, 6) is -8.03. The molecule has 5 aromatic heterocycles. The van der Waals surface area contributed by atoms with E-state index in [0.29, 0.717) is 89.0 Å². The minimum Gasteiger partial charge on any atom is -0.480 e. The number of nitrogens with one attached hydrogen (secondary N) is 9. The van der Waals surface area contributed by atoms with Crippen LogP contribution in [-0.2, 0) is 106 Å². The maximum absolute atomic E-state index is 12.6. The van der Waals surface area contributed by atoms with Gasteiger partial charge in [0.05, 0.1) is 61.2 Å². The number of unbranched alkanes of at least 4 members (excludes halogenated alkanes) is 3. The number of nitrogens with two attached hydrogens (primary N) is 2. The summed E-state index contributed by atoms with van der Waals surface area (Å²) < 4.78 is 26.3. The van der Waals surface area contributed by atoms with Crippen molar-refractivity contribution in [3.63, 3.8) is 0 Å². The summed E-state index contributed by atoms with van der Waals surface area (Å²) in [4.78, 5) is 179. The van der Waals surface area contributed by atoms with Crippen LogP contribution in [0.15, 0.2) is 165 Å². The minimum absolute atomic E-state index is 0.0183. The number of aryl methyl sites for hydroxylation is 4. The highest BCUT2D eigenvalue weighted by molar-refractivity contribution is 7.20. The number of benzene rings is 5. The van der Waals surface area contributed by atoms with E-state index in [1.165, 1.54) is 55.2 Å². The minimum atomic E-state index is -1.20. The molecule has 3 aliphatic heterocycles. The van der Waals surface area contributed by atoms with E-state index in [2.05, 4.69) is 80.7 Å². The van der Waals surface area contributed by atoms with E-state index in [4.69, 9.17) is 65.0 Å². The summed E-state index contributed by atoms with van der Waals surface area (Å²) >= 11 is 1.21. The molecule has 39 nitrogen and oxygen atoms in total. The predicted octanol–water partition coefficient (Wildman–Crippen LogP) is 9.45. The number of carboxylic acid groups (broad SMARTS) is 2. The lowest BCUT2D eigenvalue weighted by molar-refractivity contribution is -0.153. The largest absolute Gasteiger partial charge is 0.480 e. The van der Waals surface area contributed by atoms with Gasteiger partial charge in [-0.05, 0) is 161 Å². The SMILES string of the molecule is CCCCOC(=O)CC(CNC(=O)CC1CC(c2ccc(C(=N)N)cc2)=NO1)C(=O)OC.COC(=O)[C@H](CCC(=O)CC1CC(c2ccc(C(=N)N)cc2)=NO1)NC(=O)c1nc2ccccc2o1.O=C(CCCCc1ccc2c(n1)CCCC2)NCC[C@H](NC(=O)c1nc2ccccc2s1)C(=O)O.O=C(CCCCc1ccc2c(n1)CCNC2)NCC[C@H](NC(=O)c1nc2ccccc2o1)C(=O)O. The molecule has 0 saturated carbocycles. The number of ether oxygens (including phenoxy) is 3. The summed E-state index contributed by atoms with van der Waals surface area (Å²) in [5, 5.41) is 61.1. The van der Waals surface area contributed by atoms with Crippen LogP contribution in [0.1, 0.15) is 216 Å². The second-order valence-electron chi connectivity index (χ2n) is 33.1. The highest BCUT2D eigenvalue weighted by Gasteiger charge is 2.33. The molecule has 40 heteroatoms. The summed E-state index contributed by atoms with van der Waals surface area (Å²) in [6.07, 6.45) is 13.0. The lowest BCUT2D eigenvalue weighted by Gasteiger charge is -2.16. The highest BCUT2D eigenvalue weighted by atomic mass is 32.1. The Labute approximate surface area is 798 Å². The molecule has 1 aliphatic carbocycles. The number of carbonyl (C=O) groups excluding carboxylic acids is 10. The Bertz CT molecular complexity index is 5750.